The quantitative estimate of drug-likeness (QED) is 0.589. The fraction of sp³-hybridized carbons (Fsp3) is 0.273. The van der Waals surface area contributed by atoms with E-state index in [1.165, 1.54) is 17.8 Å². The summed E-state index contributed by atoms with van der Waals surface area (Å²) in [6.45, 7) is -0.623. The van der Waals surface area contributed by atoms with Crippen LogP contribution in [-0.4, -0.2) is 29.3 Å². The second-order valence-corrected chi connectivity index (χ2v) is 4.55. The number of hydrogen-bond acceptors (Lipinski definition) is 4. The summed E-state index contributed by atoms with van der Waals surface area (Å²) in [4.78, 5) is 26.1. The van der Waals surface area contributed by atoms with Gasteiger partial charge in [0.15, 0.2) is 18.2 Å². The average Bonchev–Trinajstić information content (AvgIpc) is 2.33. The van der Waals surface area contributed by atoms with Crippen LogP contribution in [0.25, 0.3) is 0 Å². The molecule has 1 aromatic carbocycles. The Morgan fingerprint density at radius 2 is 2.05 bits per heavy atom. The fourth-order valence-electron chi connectivity index (χ4n) is 1.06. The summed E-state index contributed by atoms with van der Waals surface area (Å²) in [6.07, 6.45) is 0.0588. The van der Waals surface area contributed by atoms with Crippen molar-refractivity contribution in [1.29, 1.82) is 0 Å². The number of benzene rings is 1. The summed E-state index contributed by atoms with van der Waals surface area (Å²) in [5, 5.41) is 8.25. The number of hydrogen-bond donors (Lipinski definition) is 2. The molecule has 1 amide bonds. The smallest absolute Gasteiger partial charge is 0.332 e. The lowest BCUT2D eigenvalue weighted by Gasteiger charge is -2.04. The lowest BCUT2D eigenvalue weighted by molar-refractivity contribution is -0.149. The Kier molecular flexibility index (Phi) is 6.23. The first-order valence-corrected chi connectivity index (χ1v) is 6.18. The lowest BCUT2D eigenvalue weighted by Crippen LogP contribution is -2.26. The number of carboxylic acids is 1. The van der Waals surface area contributed by atoms with Crippen molar-refractivity contribution in [3.63, 3.8) is 0 Å². The van der Waals surface area contributed by atoms with Crippen molar-refractivity contribution in [3.8, 4) is 0 Å². The fourth-order valence-corrected chi connectivity index (χ4v) is 1.93. The molecule has 0 saturated carbocycles. The van der Waals surface area contributed by atoms with Gasteiger partial charge >= 0.3 is 5.97 Å². The van der Waals surface area contributed by atoms with E-state index in [4.69, 9.17) is 5.11 Å². The third-order valence-corrected chi connectivity index (χ3v) is 2.87. The third-order valence-electron chi connectivity index (χ3n) is 1.87. The molecule has 0 radical (unpaired) electrons. The summed E-state index contributed by atoms with van der Waals surface area (Å²) < 4.78 is 25.5. The van der Waals surface area contributed by atoms with E-state index in [0.717, 1.165) is 12.1 Å². The molecular weight excluding hydrogens is 280 g/mol. The molecule has 0 heterocycles. The summed E-state index contributed by atoms with van der Waals surface area (Å²) in [7, 11) is 0. The van der Waals surface area contributed by atoms with Crippen LogP contribution in [0.4, 0.5) is 8.78 Å². The highest BCUT2D eigenvalue weighted by Crippen LogP contribution is 2.20. The van der Waals surface area contributed by atoms with E-state index in [0.29, 0.717) is 10.6 Å². The van der Waals surface area contributed by atoms with Crippen LogP contribution in [0.5, 0.6) is 0 Å². The number of carboxylic acid groups (broad SMARTS) is 1. The molecule has 8 heteroatoms. The van der Waals surface area contributed by atoms with Crippen molar-refractivity contribution in [3.05, 3.63) is 29.8 Å². The Balaban J connectivity index is 2.24. The van der Waals surface area contributed by atoms with Gasteiger partial charge in [0, 0.05) is 17.1 Å². The molecule has 0 unspecified atom stereocenters. The second-order valence-electron chi connectivity index (χ2n) is 3.38. The van der Waals surface area contributed by atoms with E-state index in [-0.39, 0.29) is 6.42 Å². The SMILES string of the molecule is O=C(O)CONC(=O)CCSc1ccc(F)c(F)c1. The second kappa shape index (κ2) is 7.70. The molecule has 2 N–H and O–H groups in total. The zero-order valence-electron chi connectivity index (χ0n) is 9.69. The van der Waals surface area contributed by atoms with E-state index in [1.54, 1.807) is 0 Å². The van der Waals surface area contributed by atoms with Gasteiger partial charge in [0.25, 0.3) is 0 Å². The van der Waals surface area contributed by atoms with Gasteiger partial charge in [0.2, 0.25) is 5.91 Å². The molecule has 0 spiro atoms. The van der Waals surface area contributed by atoms with E-state index >= 15 is 0 Å². The van der Waals surface area contributed by atoms with Crippen LogP contribution < -0.4 is 5.48 Å². The van der Waals surface area contributed by atoms with Crippen LogP contribution in [0.3, 0.4) is 0 Å². The maximum Gasteiger partial charge on any atom is 0.332 e. The minimum Gasteiger partial charge on any atom is -0.479 e. The van der Waals surface area contributed by atoms with Crippen molar-refractivity contribution < 1.29 is 28.3 Å². The maximum atomic E-state index is 12.9. The van der Waals surface area contributed by atoms with Crippen LogP contribution in [-0.2, 0) is 14.4 Å². The van der Waals surface area contributed by atoms with E-state index < -0.39 is 30.1 Å². The van der Waals surface area contributed by atoms with Crippen LogP contribution in [0.15, 0.2) is 23.1 Å². The number of amides is 1. The summed E-state index contributed by atoms with van der Waals surface area (Å²) >= 11 is 1.17. The van der Waals surface area contributed by atoms with Crippen LogP contribution in [0.1, 0.15) is 6.42 Å². The minimum absolute atomic E-state index is 0.0588. The topological polar surface area (TPSA) is 75.6 Å². The van der Waals surface area contributed by atoms with Crippen molar-refractivity contribution in [2.75, 3.05) is 12.4 Å². The molecule has 5 nitrogen and oxygen atoms in total. The molecule has 0 aliphatic heterocycles. The number of carbonyl (C=O) groups excluding carboxylic acids is 1. The van der Waals surface area contributed by atoms with Crippen LogP contribution in [0.2, 0.25) is 0 Å². The number of halogens is 2. The molecule has 104 valence electrons. The molecule has 0 atom stereocenters. The predicted molar refractivity (Wildman–Crippen MR) is 63.4 cm³/mol. The summed E-state index contributed by atoms with van der Waals surface area (Å²) in [5.41, 5.74) is 1.95. The average molecular weight is 291 g/mol. The van der Waals surface area contributed by atoms with Crippen molar-refractivity contribution in [2.45, 2.75) is 11.3 Å². The van der Waals surface area contributed by atoms with Crippen molar-refractivity contribution in [1.82, 2.24) is 5.48 Å². The molecule has 0 fully saturated rings. The zero-order valence-corrected chi connectivity index (χ0v) is 10.5. The van der Waals surface area contributed by atoms with Gasteiger partial charge in [-0.3, -0.25) is 9.63 Å². The minimum atomic E-state index is -1.20. The monoisotopic (exact) mass is 291 g/mol. The highest BCUT2D eigenvalue weighted by atomic mass is 32.2. The van der Waals surface area contributed by atoms with Gasteiger partial charge in [-0.1, -0.05) is 0 Å². The van der Waals surface area contributed by atoms with Crippen LogP contribution in [0, 0.1) is 11.6 Å². The molecule has 0 aliphatic rings. The van der Waals surface area contributed by atoms with Gasteiger partial charge in [0.1, 0.15) is 0 Å². The van der Waals surface area contributed by atoms with Crippen molar-refractivity contribution in [2.24, 2.45) is 0 Å². The number of carbonyl (C=O) groups is 2. The van der Waals surface area contributed by atoms with Gasteiger partial charge in [-0.2, -0.15) is 0 Å². The zero-order chi connectivity index (χ0) is 14.3. The Hall–Kier alpha value is -1.67. The summed E-state index contributed by atoms with van der Waals surface area (Å²) in [5.74, 6) is -3.23. The van der Waals surface area contributed by atoms with Gasteiger partial charge in [-0.25, -0.2) is 19.1 Å². The largest absolute Gasteiger partial charge is 0.479 e. The van der Waals surface area contributed by atoms with Gasteiger partial charge in [-0.05, 0) is 18.2 Å². The van der Waals surface area contributed by atoms with Gasteiger partial charge in [-0.15, -0.1) is 11.8 Å². The van der Waals surface area contributed by atoms with Gasteiger partial charge < -0.3 is 5.11 Å². The Labute approximate surface area is 111 Å². The maximum absolute atomic E-state index is 12.9. The summed E-state index contributed by atoms with van der Waals surface area (Å²) in [6, 6.07) is 3.45. The molecule has 1 aromatic rings. The Morgan fingerprint density at radius 1 is 1.32 bits per heavy atom. The first-order chi connectivity index (χ1) is 8.99. The number of aliphatic carboxylic acids is 1. The van der Waals surface area contributed by atoms with E-state index in [9.17, 15) is 18.4 Å². The van der Waals surface area contributed by atoms with E-state index in [1.807, 2.05) is 5.48 Å². The molecule has 0 bridgehead atoms. The first kappa shape index (κ1) is 15.4. The molecular formula is C11H11F2NO4S. The van der Waals surface area contributed by atoms with Crippen molar-refractivity contribution >= 4 is 23.6 Å². The van der Waals surface area contributed by atoms with Gasteiger partial charge in [0.05, 0.1) is 0 Å². The number of nitrogens with one attached hydrogen (secondary N) is 1. The lowest BCUT2D eigenvalue weighted by atomic mass is 10.3. The predicted octanol–water partition coefficient (Wildman–Crippen LogP) is 1.58. The normalized spacial score (nSPS) is 10.2. The Bertz CT molecular complexity index is 470. The first-order valence-electron chi connectivity index (χ1n) is 5.19. The van der Waals surface area contributed by atoms with E-state index in [2.05, 4.69) is 4.84 Å². The number of thioether (sulfide) groups is 1. The molecule has 1 rings (SSSR count). The molecule has 0 aliphatic carbocycles. The highest BCUT2D eigenvalue weighted by molar-refractivity contribution is 7.99. The third kappa shape index (κ3) is 6.16. The van der Waals surface area contributed by atoms with Crippen LogP contribution >= 0.6 is 11.8 Å². The standard InChI is InChI=1S/C11H11F2NO4S/c12-8-2-1-7(5-9(8)13)19-4-3-10(15)14-18-6-11(16)17/h1-2,5H,3-4,6H2,(H,14,15)(H,16,17). The number of hydroxylamine groups is 1. The molecule has 19 heavy (non-hydrogen) atoms. The Morgan fingerprint density at radius 3 is 2.68 bits per heavy atom. The molecule has 0 saturated heterocycles. The molecule has 0 aromatic heterocycles. The number of rotatable bonds is 7. The highest BCUT2D eigenvalue weighted by Gasteiger charge is 2.06.